The minimum Gasteiger partial charge on any atom is -0.325 e. The van der Waals surface area contributed by atoms with Crippen molar-refractivity contribution in [3.8, 4) is 11.4 Å². The third-order valence-corrected chi connectivity index (χ3v) is 5.35. The highest BCUT2D eigenvalue weighted by Crippen LogP contribution is 2.27. The van der Waals surface area contributed by atoms with Gasteiger partial charge in [-0.2, -0.15) is 8.78 Å². The summed E-state index contributed by atoms with van der Waals surface area (Å²) < 4.78 is 26.6. The number of nitrogens with zero attached hydrogens (tertiary/aromatic N) is 4. The molecule has 1 N–H and O–H groups in total. The summed E-state index contributed by atoms with van der Waals surface area (Å²) in [5, 5.41) is 11.7. The van der Waals surface area contributed by atoms with Crippen LogP contribution in [0.5, 0.6) is 0 Å². The van der Waals surface area contributed by atoms with Gasteiger partial charge < -0.3 is 5.32 Å². The van der Waals surface area contributed by atoms with Crippen LogP contribution in [0, 0.1) is 0 Å². The molecule has 29 heavy (non-hydrogen) atoms. The molecule has 0 fully saturated rings. The second-order valence-electron chi connectivity index (χ2n) is 5.68. The van der Waals surface area contributed by atoms with Crippen LogP contribution in [0.3, 0.4) is 0 Å². The lowest BCUT2D eigenvalue weighted by Crippen LogP contribution is -2.14. The van der Waals surface area contributed by atoms with E-state index in [0.717, 1.165) is 5.56 Å². The lowest BCUT2D eigenvalue weighted by atomic mass is 10.2. The summed E-state index contributed by atoms with van der Waals surface area (Å²) in [4.78, 5) is 16.7. The molecule has 2 heterocycles. The largest absolute Gasteiger partial charge is 0.325 e. The molecule has 0 bridgehead atoms. The van der Waals surface area contributed by atoms with Gasteiger partial charge in [-0.15, -0.1) is 16.8 Å². The lowest BCUT2D eigenvalue weighted by Gasteiger charge is -2.08. The number of thioether (sulfide) groups is 2. The number of carbonyl (C=O) groups excluding carboxylic acids is 1. The van der Waals surface area contributed by atoms with E-state index in [9.17, 15) is 13.6 Å². The first kappa shape index (κ1) is 21.0. The molecule has 0 spiro atoms. The number of anilines is 1. The zero-order chi connectivity index (χ0) is 20.6. The molecular formula is C19H17F2N5OS2. The smallest absolute Gasteiger partial charge is 0.288 e. The van der Waals surface area contributed by atoms with Crippen molar-refractivity contribution in [2.24, 2.45) is 0 Å². The molecule has 3 rings (SSSR count). The molecule has 3 aromatic rings. The number of hydrogen-bond acceptors (Lipinski definition) is 6. The number of benzene rings is 1. The highest BCUT2D eigenvalue weighted by molar-refractivity contribution is 8.00. The third kappa shape index (κ3) is 5.88. The Hall–Kier alpha value is -2.72. The molecule has 6 nitrogen and oxygen atoms in total. The van der Waals surface area contributed by atoms with Crippen LogP contribution in [0.4, 0.5) is 14.5 Å². The minimum absolute atomic E-state index is 0.124. The van der Waals surface area contributed by atoms with Crippen LogP contribution in [0.1, 0.15) is 0 Å². The average Bonchev–Trinajstić information content (AvgIpc) is 3.11. The zero-order valence-electron chi connectivity index (χ0n) is 15.2. The summed E-state index contributed by atoms with van der Waals surface area (Å²) in [6, 6.07) is 9.94. The monoisotopic (exact) mass is 433 g/mol. The number of rotatable bonds is 9. The number of hydrogen-bond donors (Lipinski definition) is 1. The fraction of sp³-hybridized carbons (Fsp3) is 0.158. The number of halogens is 2. The van der Waals surface area contributed by atoms with E-state index in [1.807, 2.05) is 16.7 Å². The van der Waals surface area contributed by atoms with E-state index in [-0.39, 0.29) is 11.7 Å². The first-order valence-electron chi connectivity index (χ1n) is 8.49. The average molecular weight is 434 g/mol. The van der Waals surface area contributed by atoms with Crippen LogP contribution in [0.15, 0.2) is 71.5 Å². The lowest BCUT2D eigenvalue weighted by molar-refractivity contribution is -0.113. The molecule has 0 atom stereocenters. The fourth-order valence-corrected chi connectivity index (χ4v) is 3.70. The van der Waals surface area contributed by atoms with E-state index in [1.165, 1.54) is 11.8 Å². The van der Waals surface area contributed by atoms with Crippen LogP contribution in [-0.2, 0) is 11.3 Å². The Labute approximate surface area is 174 Å². The van der Waals surface area contributed by atoms with Crippen LogP contribution in [-0.4, -0.2) is 37.2 Å². The van der Waals surface area contributed by atoms with Crippen molar-refractivity contribution in [3.05, 3.63) is 61.4 Å². The van der Waals surface area contributed by atoms with Gasteiger partial charge in [0.05, 0.1) is 5.75 Å². The van der Waals surface area contributed by atoms with Gasteiger partial charge in [-0.3, -0.25) is 14.3 Å². The second-order valence-corrected chi connectivity index (χ2v) is 7.69. The normalized spacial score (nSPS) is 10.9. The topological polar surface area (TPSA) is 72.7 Å². The fourth-order valence-electron chi connectivity index (χ4n) is 2.45. The Balaban J connectivity index is 1.63. The highest BCUT2D eigenvalue weighted by Gasteiger charge is 2.15. The van der Waals surface area contributed by atoms with Crippen molar-refractivity contribution in [2.45, 2.75) is 22.4 Å². The van der Waals surface area contributed by atoms with Crippen LogP contribution >= 0.6 is 23.5 Å². The minimum atomic E-state index is -2.48. The third-order valence-electron chi connectivity index (χ3n) is 3.66. The predicted octanol–water partition coefficient (Wildman–Crippen LogP) is 4.57. The molecule has 2 aromatic heterocycles. The Morgan fingerprint density at radius 1 is 1.17 bits per heavy atom. The molecule has 0 radical (unpaired) electrons. The van der Waals surface area contributed by atoms with E-state index in [4.69, 9.17) is 0 Å². The highest BCUT2D eigenvalue weighted by atomic mass is 32.2. The van der Waals surface area contributed by atoms with Crippen molar-refractivity contribution >= 4 is 35.1 Å². The van der Waals surface area contributed by atoms with E-state index in [0.29, 0.717) is 39.9 Å². The molecule has 1 amide bonds. The van der Waals surface area contributed by atoms with Crippen molar-refractivity contribution in [1.29, 1.82) is 0 Å². The number of aromatic nitrogens is 4. The van der Waals surface area contributed by atoms with Gasteiger partial charge in [0, 0.05) is 35.1 Å². The van der Waals surface area contributed by atoms with Crippen molar-refractivity contribution in [1.82, 2.24) is 19.7 Å². The number of amides is 1. The van der Waals surface area contributed by atoms with E-state index in [2.05, 4.69) is 27.1 Å². The van der Waals surface area contributed by atoms with Crippen molar-refractivity contribution < 1.29 is 13.6 Å². The molecule has 0 aliphatic rings. The number of nitrogens with one attached hydrogen (secondary N) is 1. The SMILES string of the molecule is C=CCn1c(SCC(=O)Nc2ccc(SC(F)F)cc2)nnc1-c1ccncc1. The van der Waals surface area contributed by atoms with E-state index >= 15 is 0 Å². The van der Waals surface area contributed by atoms with Crippen LogP contribution in [0.2, 0.25) is 0 Å². The van der Waals surface area contributed by atoms with Gasteiger partial charge in [0.15, 0.2) is 11.0 Å². The van der Waals surface area contributed by atoms with Crippen molar-refractivity contribution in [3.63, 3.8) is 0 Å². The Morgan fingerprint density at radius 3 is 2.55 bits per heavy atom. The van der Waals surface area contributed by atoms with Gasteiger partial charge in [-0.05, 0) is 36.4 Å². The van der Waals surface area contributed by atoms with Gasteiger partial charge in [-0.25, -0.2) is 0 Å². The number of allylic oxidation sites excluding steroid dienone is 1. The van der Waals surface area contributed by atoms with Gasteiger partial charge in [0.25, 0.3) is 5.76 Å². The Kier molecular flexibility index (Phi) is 7.36. The summed E-state index contributed by atoms with van der Waals surface area (Å²) in [5.41, 5.74) is 1.41. The van der Waals surface area contributed by atoms with Crippen molar-refractivity contribution in [2.75, 3.05) is 11.1 Å². The number of carbonyl (C=O) groups is 1. The number of alkyl halides is 2. The first-order chi connectivity index (χ1) is 14.1. The van der Waals surface area contributed by atoms with Crippen LogP contribution in [0.25, 0.3) is 11.4 Å². The maximum absolute atomic E-state index is 12.4. The predicted molar refractivity (Wildman–Crippen MR) is 111 cm³/mol. The second kappa shape index (κ2) is 10.2. The Morgan fingerprint density at radius 2 is 1.90 bits per heavy atom. The van der Waals surface area contributed by atoms with E-state index < -0.39 is 5.76 Å². The summed E-state index contributed by atoms with van der Waals surface area (Å²) >= 11 is 1.71. The van der Waals surface area contributed by atoms with Crippen LogP contribution < -0.4 is 5.32 Å². The molecule has 0 aliphatic carbocycles. The summed E-state index contributed by atoms with van der Waals surface area (Å²) in [6.45, 7) is 4.26. The quantitative estimate of drug-likeness (QED) is 0.394. The maximum Gasteiger partial charge on any atom is 0.288 e. The molecule has 0 unspecified atom stereocenters. The molecule has 10 heteroatoms. The standard InChI is InChI=1S/C19H17F2N5OS2/c1-2-11-26-17(13-7-9-22-10-8-13)24-25-19(26)28-12-16(27)23-14-3-5-15(6-4-14)29-18(20)21/h2-10,18H,1,11-12H2,(H,23,27). The molecular weight excluding hydrogens is 416 g/mol. The van der Waals surface area contributed by atoms with Gasteiger partial charge >= 0.3 is 0 Å². The van der Waals surface area contributed by atoms with Gasteiger partial charge in [0.2, 0.25) is 5.91 Å². The molecule has 1 aromatic carbocycles. The maximum atomic E-state index is 12.4. The summed E-state index contributed by atoms with van der Waals surface area (Å²) in [7, 11) is 0. The number of pyridine rings is 1. The van der Waals surface area contributed by atoms with Gasteiger partial charge in [-0.1, -0.05) is 29.6 Å². The summed E-state index contributed by atoms with van der Waals surface area (Å²) in [6.07, 6.45) is 5.08. The van der Waals surface area contributed by atoms with E-state index in [1.54, 1.807) is 42.7 Å². The molecule has 0 saturated heterocycles. The summed E-state index contributed by atoms with van der Waals surface area (Å²) in [5.74, 6) is -1.92. The Bertz CT molecular complexity index is 964. The first-order valence-corrected chi connectivity index (χ1v) is 10.4. The molecule has 150 valence electrons. The van der Waals surface area contributed by atoms with Gasteiger partial charge in [0.1, 0.15) is 0 Å². The zero-order valence-corrected chi connectivity index (χ0v) is 16.8. The molecule has 0 saturated carbocycles. The molecule has 0 aliphatic heterocycles.